The largest absolute Gasteiger partial charge is 1.00 e. The van der Waals surface area contributed by atoms with E-state index in [1.807, 2.05) is 0 Å². The third-order valence-electron chi connectivity index (χ3n) is 5.28. The Labute approximate surface area is 340 Å². The first kappa shape index (κ1) is 60.9. The van der Waals surface area contributed by atoms with Gasteiger partial charge in [-0.1, -0.05) is 70.4 Å². The van der Waals surface area contributed by atoms with Gasteiger partial charge in [-0.2, -0.15) is 16.8 Å². The number of hydrogen-bond acceptors (Lipinski definition) is 15. The zero-order valence-electron chi connectivity index (χ0n) is 29.4. The first-order chi connectivity index (χ1) is 22.3. The predicted octanol–water partition coefficient (Wildman–Crippen LogP) is -5.82. The Hall–Kier alpha value is -1.17. The molecule has 0 radical (unpaired) electrons. The number of aliphatic hydroxyl groups is 1. The van der Waals surface area contributed by atoms with Crippen molar-refractivity contribution >= 4 is 50.6 Å². The van der Waals surface area contributed by atoms with Crippen LogP contribution < -0.4 is 80.8 Å². The zero-order chi connectivity index (χ0) is 37.9. The first-order valence-corrected chi connectivity index (χ1v) is 18.1. The summed E-state index contributed by atoms with van der Waals surface area (Å²) in [5.41, 5.74) is 9.88. The van der Waals surface area contributed by atoms with Gasteiger partial charge in [0.1, 0.15) is 0 Å². The third-order valence-corrected chi connectivity index (χ3v) is 6.07. The van der Waals surface area contributed by atoms with Crippen molar-refractivity contribution < 1.29 is 133 Å². The number of aliphatic carboxylic acids is 2. The van der Waals surface area contributed by atoms with Crippen molar-refractivity contribution in [1.29, 1.82) is 0 Å². The molecule has 0 aliphatic heterocycles. The van der Waals surface area contributed by atoms with Crippen molar-refractivity contribution in [3.8, 4) is 0 Å². The summed E-state index contributed by atoms with van der Waals surface area (Å²) in [4.78, 5) is 50.6. The fraction of sp³-hybridized carbons (Fsp3) is 0.750. The maximum Gasteiger partial charge on any atom is 1.00 e. The number of hydrogen-bond donors (Lipinski definition) is 5. The molecule has 0 saturated carbocycles. The summed E-state index contributed by atoms with van der Waals surface area (Å²) in [6, 6.07) is 0. The van der Waals surface area contributed by atoms with Crippen molar-refractivity contribution in [2.75, 3.05) is 13.2 Å². The van der Waals surface area contributed by atoms with Gasteiger partial charge in [0.15, 0.2) is 0 Å². The standard InChI is InChI=1S/C18H35NO.2C4H6O7S.C2H7NO.2Na/c1-2-3-4-5-6-7-8-9-10-11-12-13-14-15-16-17-18(19)20;2*5-3(6)1-2-4(7)11-12(8,9)10;3-1-2-4;;/h9-10H,2-8,11-17H2,1H3,(H2,19,20);2*1-2H2,(H,5,6)(H,8,9,10);4H,1-3H2;;/q;;;;2*+1/p-2. The second kappa shape index (κ2) is 42.2. The molecular weight excluding hydrogens is 730 g/mol. The van der Waals surface area contributed by atoms with Gasteiger partial charge in [-0.3, -0.25) is 23.5 Å². The van der Waals surface area contributed by atoms with Crippen molar-refractivity contribution in [3.63, 3.8) is 0 Å². The number of amides is 1. The summed E-state index contributed by atoms with van der Waals surface area (Å²) < 4.78 is 62.0. The molecule has 22 heteroatoms. The number of rotatable bonds is 24. The minimum absolute atomic E-state index is 0. The molecule has 0 aromatic rings. The Morgan fingerprint density at radius 1 is 0.620 bits per heavy atom. The van der Waals surface area contributed by atoms with Crippen LogP contribution >= 0.6 is 0 Å². The van der Waals surface area contributed by atoms with E-state index in [1.54, 1.807) is 0 Å². The van der Waals surface area contributed by atoms with E-state index in [4.69, 9.17) is 25.7 Å². The Bertz CT molecular complexity index is 1060. The molecule has 0 aliphatic carbocycles. The number of carbonyl (C=O) groups excluding carboxylic acids is 5. The van der Waals surface area contributed by atoms with Crippen LogP contribution in [-0.2, 0) is 53.1 Å². The number of allylic oxidation sites excluding steroid dienone is 2. The van der Waals surface area contributed by atoms with Gasteiger partial charge in [-0.15, -0.1) is 0 Å². The van der Waals surface area contributed by atoms with E-state index >= 15 is 0 Å². The van der Waals surface area contributed by atoms with Crippen molar-refractivity contribution in [2.45, 2.75) is 122 Å². The summed E-state index contributed by atoms with van der Waals surface area (Å²) in [6.07, 6.45) is 19.3. The Balaban J connectivity index is -0.000000141. The molecule has 0 aromatic carbocycles. The molecule has 0 spiro atoms. The van der Waals surface area contributed by atoms with E-state index in [-0.39, 0.29) is 71.6 Å². The molecule has 7 N–H and O–H groups in total. The maximum atomic E-state index is 10.5. The number of primary amides is 1. The van der Waals surface area contributed by atoms with E-state index in [9.17, 15) is 51.0 Å². The number of carbonyl (C=O) groups is 5. The molecule has 0 aliphatic rings. The summed E-state index contributed by atoms with van der Waals surface area (Å²) in [5, 5.41) is 27.2. The van der Waals surface area contributed by atoms with Crippen LogP contribution in [0.25, 0.3) is 0 Å². The summed E-state index contributed by atoms with van der Waals surface area (Å²) in [7, 11) is -9.67. The third kappa shape index (κ3) is 72.5. The fourth-order valence-corrected chi connectivity index (χ4v) is 3.73. The average Bonchev–Trinajstić information content (AvgIpc) is 2.96. The summed E-state index contributed by atoms with van der Waals surface area (Å²) >= 11 is 0. The van der Waals surface area contributed by atoms with Gasteiger partial charge in [-0.05, 0) is 44.9 Å². The van der Waals surface area contributed by atoms with E-state index in [0.29, 0.717) is 13.0 Å². The monoisotopic (exact) mass is 782 g/mol. The van der Waals surface area contributed by atoms with Gasteiger partial charge in [0.25, 0.3) is 0 Å². The SMILES string of the molecule is CCCCCCCCC=CCCCCCCCC(N)=O.NCCO.O=C([O-])CCC(=O)OS(=O)(=O)O.O=C([O-])CCC(=O)OS(=O)(=O)O.[Na+].[Na+]. The van der Waals surface area contributed by atoms with Crippen LogP contribution in [-0.4, -0.2) is 74.0 Å². The number of aliphatic hydroxyl groups excluding tert-OH is 1. The smallest absolute Gasteiger partial charge is 0.550 e. The van der Waals surface area contributed by atoms with Gasteiger partial charge in [0.05, 0.1) is 19.4 Å². The second-order valence-corrected chi connectivity index (χ2v) is 11.9. The minimum atomic E-state index is -4.83. The quantitative estimate of drug-likeness (QED) is 0.0263. The van der Waals surface area contributed by atoms with Crippen LogP contribution in [0.2, 0.25) is 0 Å². The predicted molar refractivity (Wildman–Crippen MR) is 169 cm³/mol. The molecule has 0 aromatic heterocycles. The van der Waals surface area contributed by atoms with Crippen LogP contribution in [0.5, 0.6) is 0 Å². The van der Waals surface area contributed by atoms with Gasteiger partial charge in [0, 0.05) is 24.9 Å². The molecule has 0 saturated heterocycles. The second-order valence-electron chi connectivity index (χ2n) is 9.82. The van der Waals surface area contributed by atoms with Crippen LogP contribution in [0.1, 0.15) is 122 Å². The van der Waals surface area contributed by atoms with Crippen molar-refractivity contribution in [3.05, 3.63) is 12.2 Å². The molecular formula is C28H52N2Na2O16S2. The Kier molecular flexibility index (Phi) is 51.5. The van der Waals surface area contributed by atoms with E-state index < -0.39 is 70.4 Å². The normalized spacial score (nSPS) is 10.3. The average molecular weight is 783 g/mol. The van der Waals surface area contributed by atoms with Crippen molar-refractivity contribution in [2.24, 2.45) is 11.5 Å². The van der Waals surface area contributed by atoms with Gasteiger partial charge in [-0.25, -0.2) is 0 Å². The summed E-state index contributed by atoms with van der Waals surface area (Å²) in [5.74, 6) is -5.88. The molecule has 1 amide bonds. The van der Waals surface area contributed by atoms with Crippen LogP contribution in [0.15, 0.2) is 12.2 Å². The van der Waals surface area contributed by atoms with E-state index in [0.717, 1.165) is 12.8 Å². The molecule has 284 valence electrons. The Morgan fingerprint density at radius 2 is 0.940 bits per heavy atom. The Morgan fingerprint density at radius 3 is 1.22 bits per heavy atom. The van der Waals surface area contributed by atoms with Crippen molar-refractivity contribution in [1.82, 2.24) is 0 Å². The molecule has 18 nitrogen and oxygen atoms in total. The van der Waals surface area contributed by atoms with Crippen LogP contribution in [0.4, 0.5) is 0 Å². The number of unbranched alkanes of at least 4 members (excludes halogenated alkanes) is 11. The first-order valence-electron chi connectivity index (χ1n) is 15.3. The van der Waals surface area contributed by atoms with E-state index in [2.05, 4.69) is 27.4 Å². The molecule has 0 unspecified atom stereocenters. The number of carboxylic acid groups (broad SMARTS) is 2. The van der Waals surface area contributed by atoms with Gasteiger partial charge in [0.2, 0.25) is 5.91 Å². The minimum Gasteiger partial charge on any atom is -0.550 e. The zero-order valence-corrected chi connectivity index (χ0v) is 35.0. The number of carboxylic acids is 2. The molecule has 0 rings (SSSR count). The number of nitrogens with two attached hydrogens (primary N) is 2. The maximum absolute atomic E-state index is 10.5. The van der Waals surface area contributed by atoms with Crippen LogP contribution in [0.3, 0.4) is 0 Å². The molecule has 0 atom stereocenters. The summed E-state index contributed by atoms with van der Waals surface area (Å²) in [6.45, 7) is 2.74. The van der Waals surface area contributed by atoms with E-state index in [1.165, 1.54) is 70.6 Å². The molecule has 0 heterocycles. The fourth-order valence-electron chi connectivity index (χ4n) is 3.10. The topological polar surface area (TPSA) is 331 Å². The van der Waals surface area contributed by atoms with Crippen LogP contribution in [0, 0.1) is 0 Å². The molecule has 0 fully saturated rings. The molecule has 0 bridgehead atoms. The molecule has 50 heavy (non-hydrogen) atoms. The van der Waals surface area contributed by atoms with Gasteiger partial charge >= 0.3 is 91.9 Å². The van der Waals surface area contributed by atoms with Gasteiger partial charge < -0.3 is 44.7 Å².